The zero-order chi connectivity index (χ0) is 20.2. The lowest BCUT2D eigenvalue weighted by atomic mass is 10.1. The van der Waals surface area contributed by atoms with Gasteiger partial charge in [-0.3, -0.25) is 14.9 Å². The monoisotopic (exact) mass is 380 g/mol. The first-order valence-corrected chi connectivity index (χ1v) is 8.17. The quantitative estimate of drug-likeness (QED) is 0.833. The molecule has 2 N–H and O–H groups in total. The van der Waals surface area contributed by atoms with E-state index in [1.165, 1.54) is 18.2 Å². The van der Waals surface area contributed by atoms with Gasteiger partial charge in [0.05, 0.1) is 5.56 Å². The second-order valence-electron chi connectivity index (χ2n) is 6.24. The summed E-state index contributed by atoms with van der Waals surface area (Å²) in [6, 6.07) is 6.11. The van der Waals surface area contributed by atoms with Gasteiger partial charge in [0.25, 0.3) is 5.91 Å². The highest BCUT2D eigenvalue weighted by Gasteiger charge is 2.30. The van der Waals surface area contributed by atoms with E-state index in [0.29, 0.717) is 11.3 Å². The summed E-state index contributed by atoms with van der Waals surface area (Å²) in [4.78, 5) is 32.1. The number of hydrogen-bond donors (Lipinski definition) is 2. The van der Waals surface area contributed by atoms with Crippen molar-refractivity contribution < 1.29 is 22.8 Å². The van der Waals surface area contributed by atoms with Crippen LogP contribution in [0, 0.1) is 12.8 Å². The van der Waals surface area contributed by atoms with Crippen molar-refractivity contribution in [2.24, 2.45) is 5.92 Å². The van der Waals surface area contributed by atoms with Gasteiger partial charge < -0.3 is 5.32 Å². The standard InChI is InChI=1S/C18H19F3N4O2/c1-10(2)15(26)25-17-23-11(3)7-14(24-17)16(27)22-9-12-5-4-6-13(8-12)18(19,20)21/h4-8,10H,9H2,1-3H3,(H,22,27)(H,23,24,25,26). The normalized spacial score (nSPS) is 11.4. The van der Waals surface area contributed by atoms with Crippen LogP contribution < -0.4 is 10.6 Å². The number of rotatable bonds is 5. The number of aromatic nitrogens is 2. The van der Waals surface area contributed by atoms with Gasteiger partial charge in [0, 0.05) is 18.2 Å². The summed E-state index contributed by atoms with van der Waals surface area (Å²) >= 11 is 0. The van der Waals surface area contributed by atoms with Crippen molar-refractivity contribution in [2.75, 3.05) is 5.32 Å². The summed E-state index contributed by atoms with van der Waals surface area (Å²) in [5.41, 5.74) is -0.00934. The number of carbonyl (C=O) groups is 2. The average molecular weight is 380 g/mol. The summed E-state index contributed by atoms with van der Waals surface area (Å²) in [5.74, 6) is -1.17. The fourth-order valence-electron chi connectivity index (χ4n) is 2.13. The molecule has 0 unspecified atom stereocenters. The van der Waals surface area contributed by atoms with E-state index in [2.05, 4.69) is 20.6 Å². The van der Waals surface area contributed by atoms with Crippen LogP contribution in [0.2, 0.25) is 0 Å². The third kappa shape index (κ3) is 5.77. The molecule has 0 spiro atoms. The van der Waals surface area contributed by atoms with Crippen molar-refractivity contribution in [2.45, 2.75) is 33.5 Å². The molecular weight excluding hydrogens is 361 g/mol. The molecule has 2 rings (SSSR count). The SMILES string of the molecule is Cc1cc(C(=O)NCc2cccc(C(F)(F)F)c2)nc(NC(=O)C(C)C)n1. The topological polar surface area (TPSA) is 84.0 Å². The lowest BCUT2D eigenvalue weighted by molar-refractivity contribution is -0.137. The molecule has 2 amide bonds. The zero-order valence-electron chi connectivity index (χ0n) is 15.0. The van der Waals surface area contributed by atoms with E-state index in [-0.39, 0.29) is 30.0 Å². The van der Waals surface area contributed by atoms with Crippen LogP contribution in [0.15, 0.2) is 30.3 Å². The minimum atomic E-state index is -4.45. The van der Waals surface area contributed by atoms with E-state index in [0.717, 1.165) is 12.1 Å². The molecule has 1 heterocycles. The molecule has 2 aromatic rings. The second kappa shape index (κ2) is 8.15. The fraction of sp³-hybridized carbons (Fsp3) is 0.333. The molecule has 0 aliphatic heterocycles. The van der Waals surface area contributed by atoms with E-state index in [9.17, 15) is 22.8 Å². The van der Waals surface area contributed by atoms with Crippen LogP contribution in [-0.4, -0.2) is 21.8 Å². The van der Waals surface area contributed by atoms with Crippen LogP contribution in [-0.2, 0) is 17.5 Å². The smallest absolute Gasteiger partial charge is 0.347 e. The van der Waals surface area contributed by atoms with Gasteiger partial charge in [-0.25, -0.2) is 9.97 Å². The number of aryl methyl sites for hydroxylation is 1. The number of anilines is 1. The zero-order valence-corrected chi connectivity index (χ0v) is 15.0. The van der Waals surface area contributed by atoms with E-state index in [1.54, 1.807) is 20.8 Å². The van der Waals surface area contributed by atoms with Gasteiger partial charge in [0.15, 0.2) is 0 Å². The predicted octanol–water partition coefficient (Wildman–Crippen LogP) is 3.33. The van der Waals surface area contributed by atoms with Gasteiger partial charge in [0.1, 0.15) is 5.69 Å². The molecule has 0 bridgehead atoms. The van der Waals surface area contributed by atoms with E-state index in [4.69, 9.17) is 0 Å². The van der Waals surface area contributed by atoms with Crippen molar-refractivity contribution in [3.8, 4) is 0 Å². The summed E-state index contributed by atoms with van der Waals surface area (Å²) in [7, 11) is 0. The van der Waals surface area contributed by atoms with Crippen molar-refractivity contribution in [3.05, 3.63) is 52.8 Å². The lowest BCUT2D eigenvalue weighted by Gasteiger charge is -2.11. The highest BCUT2D eigenvalue weighted by Crippen LogP contribution is 2.29. The number of halogens is 3. The van der Waals surface area contributed by atoms with Crippen LogP contribution in [0.1, 0.15) is 41.2 Å². The van der Waals surface area contributed by atoms with Crippen LogP contribution >= 0.6 is 0 Å². The molecule has 0 aliphatic rings. The van der Waals surface area contributed by atoms with Crippen molar-refractivity contribution in [1.29, 1.82) is 0 Å². The molecule has 0 saturated carbocycles. The minimum Gasteiger partial charge on any atom is -0.347 e. The summed E-state index contributed by atoms with van der Waals surface area (Å²) in [5, 5.41) is 5.02. The Balaban J connectivity index is 2.10. The van der Waals surface area contributed by atoms with E-state index < -0.39 is 17.6 Å². The highest BCUT2D eigenvalue weighted by atomic mass is 19.4. The fourth-order valence-corrected chi connectivity index (χ4v) is 2.13. The molecular formula is C18H19F3N4O2. The number of alkyl halides is 3. The van der Waals surface area contributed by atoms with Gasteiger partial charge in [-0.05, 0) is 30.7 Å². The Kier molecular flexibility index (Phi) is 6.14. The number of nitrogens with zero attached hydrogens (tertiary/aromatic N) is 2. The number of nitrogens with one attached hydrogen (secondary N) is 2. The largest absolute Gasteiger partial charge is 0.416 e. The maximum absolute atomic E-state index is 12.7. The Labute approximate surface area is 154 Å². The van der Waals surface area contributed by atoms with Crippen LogP contribution in [0.25, 0.3) is 0 Å². The van der Waals surface area contributed by atoms with Crippen LogP contribution in [0.4, 0.5) is 19.1 Å². The first-order chi connectivity index (χ1) is 12.6. The van der Waals surface area contributed by atoms with Crippen LogP contribution in [0.3, 0.4) is 0 Å². The Morgan fingerprint density at radius 2 is 1.85 bits per heavy atom. The Morgan fingerprint density at radius 1 is 1.15 bits per heavy atom. The molecule has 0 atom stereocenters. The van der Waals surface area contributed by atoms with Crippen molar-refractivity contribution in [3.63, 3.8) is 0 Å². The molecule has 0 saturated heterocycles. The number of hydrogen-bond acceptors (Lipinski definition) is 4. The second-order valence-corrected chi connectivity index (χ2v) is 6.24. The van der Waals surface area contributed by atoms with Gasteiger partial charge >= 0.3 is 6.18 Å². The van der Waals surface area contributed by atoms with Crippen molar-refractivity contribution >= 4 is 17.8 Å². The van der Waals surface area contributed by atoms with E-state index in [1.807, 2.05) is 0 Å². The molecule has 9 heteroatoms. The molecule has 1 aromatic carbocycles. The molecule has 0 radical (unpaired) electrons. The Morgan fingerprint density at radius 3 is 2.48 bits per heavy atom. The van der Waals surface area contributed by atoms with E-state index >= 15 is 0 Å². The third-order valence-electron chi connectivity index (χ3n) is 3.55. The van der Waals surface area contributed by atoms with Gasteiger partial charge in [-0.1, -0.05) is 26.0 Å². The number of benzene rings is 1. The molecule has 27 heavy (non-hydrogen) atoms. The maximum Gasteiger partial charge on any atom is 0.416 e. The maximum atomic E-state index is 12.7. The molecule has 0 aliphatic carbocycles. The number of amides is 2. The molecule has 0 fully saturated rings. The predicted molar refractivity (Wildman–Crippen MR) is 92.9 cm³/mol. The highest BCUT2D eigenvalue weighted by molar-refractivity contribution is 5.94. The van der Waals surface area contributed by atoms with Gasteiger partial charge in [0.2, 0.25) is 11.9 Å². The molecule has 1 aromatic heterocycles. The summed E-state index contributed by atoms with van der Waals surface area (Å²) < 4.78 is 38.2. The summed E-state index contributed by atoms with van der Waals surface area (Å²) in [6.07, 6.45) is -4.45. The molecule has 144 valence electrons. The van der Waals surface area contributed by atoms with Crippen molar-refractivity contribution in [1.82, 2.24) is 15.3 Å². The lowest BCUT2D eigenvalue weighted by Crippen LogP contribution is -2.26. The molecule has 6 nitrogen and oxygen atoms in total. The Hall–Kier alpha value is -2.97. The Bertz CT molecular complexity index is 851. The third-order valence-corrected chi connectivity index (χ3v) is 3.55. The summed E-state index contributed by atoms with van der Waals surface area (Å²) in [6.45, 7) is 4.94. The van der Waals surface area contributed by atoms with Gasteiger partial charge in [-0.2, -0.15) is 13.2 Å². The van der Waals surface area contributed by atoms with Crippen LogP contribution in [0.5, 0.6) is 0 Å². The first-order valence-electron chi connectivity index (χ1n) is 8.17. The number of carbonyl (C=O) groups excluding carboxylic acids is 2. The average Bonchev–Trinajstić information content (AvgIpc) is 2.58. The minimum absolute atomic E-state index is 0.00193. The first kappa shape index (κ1) is 20.3. The van der Waals surface area contributed by atoms with Gasteiger partial charge in [-0.15, -0.1) is 0 Å².